The molecule has 0 radical (unpaired) electrons. The Morgan fingerprint density at radius 1 is 1.21 bits per heavy atom. The minimum Gasteiger partial charge on any atom is -0.310 e. The highest BCUT2D eigenvalue weighted by Crippen LogP contribution is 2.32. The van der Waals surface area contributed by atoms with Gasteiger partial charge in [0.1, 0.15) is 0 Å². The molecule has 0 unspecified atom stereocenters. The molecule has 0 aromatic carbocycles. The van der Waals surface area contributed by atoms with Crippen LogP contribution < -0.4 is 0 Å². The Morgan fingerprint density at radius 2 is 1.71 bits per heavy atom. The van der Waals surface area contributed by atoms with Crippen LogP contribution in [0.3, 0.4) is 0 Å². The van der Waals surface area contributed by atoms with Gasteiger partial charge in [0.2, 0.25) is 0 Å². The van der Waals surface area contributed by atoms with Gasteiger partial charge in [-0.05, 0) is 20.3 Å². The van der Waals surface area contributed by atoms with Gasteiger partial charge in [-0.15, -0.1) is 0 Å². The van der Waals surface area contributed by atoms with Crippen LogP contribution in [0.1, 0.15) is 40.0 Å². The highest BCUT2D eigenvalue weighted by atomic mass is 19.3. The molecule has 0 bridgehead atoms. The molecule has 0 saturated heterocycles. The average molecular weight is 216 g/mol. The lowest BCUT2D eigenvalue weighted by molar-refractivity contribution is -0.338. The van der Waals surface area contributed by atoms with Crippen LogP contribution in [-0.2, 0) is 4.74 Å². The van der Waals surface area contributed by atoms with Gasteiger partial charge < -0.3 is 4.74 Å². The molecule has 5 heteroatoms. The van der Waals surface area contributed by atoms with Crippen molar-refractivity contribution in [2.75, 3.05) is 0 Å². The first-order valence-electron chi connectivity index (χ1n) is 4.57. The van der Waals surface area contributed by atoms with Crippen molar-refractivity contribution in [1.29, 1.82) is 0 Å². The summed E-state index contributed by atoms with van der Waals surface area (Å²) in [5.41, 5.74) is -1.21. The van der Waals surface area contributed by atoms with Crippen LogP contribution in [0.15, 0.2) is 0 Å². The van der Waals surface area contributed by atoms with E-state index in [1.54, 1.807) is 0 Å². The third kappa shape index (κ3) is 4.79. The standard InChI is InChI=1S/C9H16F4O/c1-4-5-6-8(2,3)14-9(12,13)7(10)11/h7H,4-6H2,1-3H3. The first-order chi connectivity index (χ1) is 6.21. The quantitative estimate of drug-likeness (QED) is 0.613. The van der Waals surface area contributed by atoms with Crippen molar-refractivity contribution in [2.24, 2.45) is 0 Å². The molecule has 0 aromatic heterocycles. The highest BCUT2D eigenvalue weighted by molar-refractivity contribution is 4.72. The first-order valence-corrected chi connectivity index (χ1v) is 4.57. The maximum absolute atomic E-state index is 12.5. The van der Waals surface area contributed by atoms with Gasteiger partial charge in [0, 0.05) is 0 Å². The Morgan fingerprint density at radius 3 is 2.07 bits per heavy atom. The third-order valence-corrected chi connectivity index (χ3v) is 1.80. The number of halogens is 4. The summed E-state index contributed by atoms with van der Waals surface area (Å²) in [6.45, 7) is 4.67. The van der Waals surface area contributed by atoms with Gasteiger partial charge in [-0.1, -0.05) is 19.8 Å². The normalized spacial score (nSPS) is 13.7. The van der Waals surface area contributed by atoms with E-state index in [0.29, 0.717) is 12.8 Å². The van der Waals surface area contributed by atoms with Crippen molar-refractivity contribution >= 4 is 0 Å². The van der Waals surface area contributed by atoms with Gasteiger partial charge in [-0.25, -0.2) is 8.78 Å². The largest absolute Gasteiger partial charge is 0.416 e. The maximum Gasteiger partial charge on any atom is 0.416 e. The second-order valence-electron chi connectivity index (χ2n) is 3.83. The van der Waals surface area contributed by atoms with Gasteiger partial charge in [-0.2, -0.15) is 8.78 Å². The molecule has 0 aliphatic carbocycles. The molecule has 0 saturated carbocycles. The van der Waals surface area contributed by atoms with E-state index in [9.17, 15) is 17.6 Å². The van der Waals surface area contributed by atoms with E-state index in [1.165, 1.54) is 13.8 Å². The zero-order chi connectivity index (χ0) is 11.4. The molecule has 1 nitrogen and oxygen atoms in total. The number of unbranched alkanes of at least 4 members (excludes halogenated alkanes) is 1. The second kappa shape index (κ2) is 4.96. The molecule has 0 atom stereocenters. The number of hydrogen-bond donors (Lipinski definition) is 0. The fraction of sp³-hybridized carbons (Fsp3) is 1.00. The fourth-order valence-electron chi connectivity index (χ4n) is 1.07. The maximum atomic E-state index is 12.5. The van der Waals surface area contributed by atoms with Crippen LogP contribution >= 0.6 is 0 Å². The van der Waals surface area contributed by atoms with Gasteiger partial charge in [0.05, 0.1) is 5.60 Å². The van der Waals surface area contributed by atoms with Gasteiger partial charge >= 0.3 is 12.5 Å². The van der Waals surface area contributed by atoms with Crippen LogP contribution in [0.25, 0.3) is 0 Å². The zero-order valence-electron chi connectivity index (χ0n) is 8.62. The molecular formula is C9H16F4O. The molecule has 0 aliphatic heterocycles. The van der Waals surface area contributed by atoms with E-state index in [4.69, 9.17) is 0 Å². The third-order valence-electron chi connectivity index (χ3n) is 1.80. The number of hydrogen-bond acceptors (Lipinski definition) is 1. The topological polar surface area (TPSA) is 9.23 Å². The van der Waals surface area contributed by atoms with Crippen LogP contribution in [-0.4, -0.2) is 18.1 Å². The van der Waals surface area contributed by atoms with Gasteiger partial charge in [0.15, 0.2) is 0 Å². The van der Waals surface area contributed by atoms with E-state index in [1.807, 2.05) is 6.92 Å². The van der Waals surface area contributed by atoms with Gasteiger partial charge in [-0.3, -0.25) is 0 Å². The summed E-state index contributed by atoms with van der Waals surface area (Å²) >= 11 is 0. The Kier molecular flexibility index (Phi) is 4.84. The molecule has 0 aromatic rings. The lowest BCUT2D eigenvalue weighted by atomic mass is 10.0. The molecule has 0 heterocycles. The smallest absolute Gasteiger partial charge is 0.310 e. The fourth-order valence-corrected chi connectivity index (χ4v) is 1.07. The molecule has 0 rings (SSSR count). The first kappa shape index (κ1) is 13.7. The van der Waals surface area contributed by atoms with Crippen molar-refractivity contribution in [3.05, 3.63) is 0 Å². The molecule has 0 fully saturated rings. The van der Waals surface area contributed by atoms with E-state index in [2.05, 4.69) is 4.74 Å². The molecule has 0 N–H and O–H groups in total. The average Bonchev–Trinajstić information content (AvgIpc) is 1.99. The van der Waals surface area contributed by atoms with E-state index in [0.717, 1.165) is 6.42 Å². The van der Waals surface area contributed by atoms with Crippen molar-refractivity contribution in [1.82, 2.24) is 0 Å². The molecule has 0 aliphatic rings. The predicted octanol–water partition coefficient (Wildman–Crippen LogP) is 3.83. The zero-order valence-corrected chi connectivity index (χ0v) is 8.62. The van der Waals surface area contributed by atoms with Crippen molar-refractivity contribution in [3.8, 4) is 0 Å². The van der Waals surface area contributed by atoms with Crippen molar-refractivity contribution in [2.45, 2.75) is 58.2 Å². The minimum atomic E-state index is -4.35. The van der Waals surface area contributed by atoms with E-state index < -0.39 is 18.1 Å². The SMILES string of the molecule is CCCCC(C)(C)OC(F)(F)C(F)F. The Hall–Kier alpha value is -0.320. The molecule has 14 heavy (non-hydrogen) atoms. The summed E-state index contributed by atoms with van der Waals surface area (Å²) in [4.78, 5) is 0. The summed E-state index contributed by atoms with van der Waals surface area (Å²) in [7, 11) is 0. The molecular weight excluding hydrogens is 200 g/mol. The number of alkyl halides is 4. The highest BCUT2D eigenvalue weighted by Gasteiger charge is 2.46. The van der Waals surface area contributed by atoms with Crippen LogP contribution in [0.5, 0.6) is 0 Å². The summed E-state index contributed by atoms with van der Waals surface area (Å²) in [5.74, 6) is 0. The Labute approximate surface area is 81.4 Å². The predicted molar refractivity (Wildman–Crippen MR) is 45.6 cm³/mol. The summed E-state index contributed by atoms with van der Waals surface area (Å²) in [5, 5.41) is 0. The molecule has 0 amide bonds. The lowest BCUT2D eigenvalue weighted by Gasteiger charge is -2.29. The monoisotopic (exact) mass is 216 g/mol. The van der Waals surface area contributed by atoms with Crippen LogP contribution in [0, 0.1) is 0 Å². The van der Waals surface area contributed by atoms with Crippen LogP contribution in [0.4, 0.5) is 17.6 Å². The second-order valence-corrected chi connectivity index (χ2v) is 3.83. The number of rotatable bonds is 6. The Bertz CT molecular complexity index is 168. The molecule has 86 valence electrons. The minimum absolute atomic E-state index is 0.339. The summed E-state index contributed by atoms with van der Waals surface area (Å²) < 4.78 is 52.7. The molecule has 0 spiro atoms. The summed E-state index contributed by atoms with van der Waals surface area (Å²) in [6.07, 6.45) is -6.30. The lowest BCUT2D eigenvalue weighted by Crippen LogP contribution is -2.40. The van der Waals surface area contributed by atoms with Crippen LogP contribution in [0.2, 0.25) is 0 Å². The van der Waals surface area contributed by atoms with Crippen molar-refractivity contribution < 1.29 is 22.3 Å². The van der Waals surface area contributed by atoms with E-state index in [-0.39, 0.29) is 0 Å². The summed E-state index contributed by atoms with van der Waals surface area (Å²) in [6, 6.07) is 0. The van der Waals surface area contributed by atoms with E-state index >= 15 is 0 Å². The van der Waals surface area contributed by atoms with Crippen molar-refractivity contribution in [3.63, 3.8) is 0 Å². The van der Waals surface area contributed by atoms with Gasteiger partial charge in [0.25, 0.3) is 0 Å². The Balaban J connectivity index is 4.19. The number of ether oxygens (including phenoxy) is 1.